The zero-order chi connectivity index (χ0) is 19.8. The van der Waals surface area contributed by atoms with Gasteiger partial charge in [0.2, 0.25) is 5.91 Å². The highest BCUT2D eigenvalue weighted by molar-refractivity contribution is 5.84. The van der Waals surface area contributed by atoms with Crippen molar-refractivity contribution in [1.82, 2.24) is 15.8 Å². The van der Waals surface area contributed by atoms with Crippen LogP contribution in [0.1, 0.15) is 17.9 Å². The number of rotatable bonds is 7. The summed E-state index contributed by atoms with van der Waals surface area (Å²) >= 11 is 0. The molecule has 0 saturated carbocycles. The first kappa shape index (κ1) is 19.2. The fourth-order valence-electron chi connectivity index (χ4n) is 2.48. The summed E-state index contributed by atoms with van der Waals surface area (Å²) in [5.74, 6) is 0.479. The SMILES string of the molecule is Cc1ccc(NCC(=O)NNC(=O)CCc2ncc(-c3ccccc3)o2)cc1. The van der Waals surface area contributed by atoms with Crippen LogP contribution in [0.4, 0.5) is 5.69 Å². The molecule has 0 saturated heterocycles. The van der Waals surface area contributed by atoms with E-state index in [0.29, 0.717) is 18.1 Å². The molecule has 3 rings (SSSR count). The Morgan fingerprint density at radius 1 is 0.964 bits per heavy atom. The van der Waals surface area contributed by atoms with Gasteiger partial charge in [0.15, 0.2) is 11.7 Å². The number of aromatic nitrogens is 1. The molecule has 0 aliphatic heterocycles. The van der Waals surface area contributed by atoms with E-state index in [4.69, 9.17) is 4.42 Å². The maximum atomic E-state index is 11.9. The number of nitrogens with one attached hydrogen (secondary N) is 3. The molecular weight excluding hydrogens is 356 g/mol. The first-order chi connectivity index (χ1) is 13.6. The third-order valence-electron chi connectivity index (χ3n) is 4.02. The van der Waals surface area contributed by atoms with Crippen LogP contribution in [0.15, 0.2) is 65.2 Å². The largest absolute Gasteiger partial charge is 0.441 e. The maximum absolute atomic E-state index is 11.9. The molecule has 2 aromatic carbocycles. The summed E-state index contributed by atoms with van der Waals surface area (Å²) < 4.78 is 5.65. The Morgan fingerprint density at radius 3 is 2.43 bits per heavy atom. The van der Waals surface area contributed by atoms with E-state index in [1.54, 1.807) is 6.20 Å². The number of carbonyl (C=O) groups excluding carboxylic acids is 2. The molecule has 0 fully saturated rings. The van der Waals surface area contributed by atoms with E-state index in [9.17, 15) is 9.59 Å². The summed E-state index contributed by atoms with van der Waals surface area (Å²) in [4.78, 5) is 27.9. The summed E-state index contributed by atoms with van der Waals surface area (Å²) in [6.45, 7) is 2.05. The molecule has 0 unspecified atom stereocenters. The van der Waals surface area contributed by atoms with Crippen LogP contribution in [0.3, 0.4) is 0 Å². The van der Waals surface area contributed by atoms with E-state index in [-0.39, 0.29) is 24.8 Å². The van der Waals surface area contributed by atoms with Crippen molar-refractivity contribution in [1.29, 1.82) is 0 Å². The lowest BCUT2D eigenvalue weighted by Gasteiger charge is -2.09. The molecule has 144 valence electrons. The highest BCUT2D eigenvalue weighted by atomic mass is 16.4. The lowest BCUT2D eigenvalue weighted by Crippen LogP contribution is -2.44. The first-order valence-corrected chi connectivity index (χ1v) is 8.98. The minimum Gasteiger partial charge on any atom is -0.441 e. The minimum atomic E-state index is -0.337. The predicted octanol–water partition coefficient (Wildman–Crippen LogP) is 2.84. The molecule has 0 aliphatic rings. The number of oxazole rings is 1. The molecule has 7 nitrogen and oxygen atoms in total. The van der Waals surface area contributed by atoms with Gasteiger partial charge >= 0.3 is 0 Å². The van der Waals surface area contributed by atoms with E-state index in [2.05, 4.69) is 21.2 Å². The first-order valence-electron chi connectivity index (χ1n) is 8.98. The van der Waals surface area contributed by atoms with Crippen LogP contribution in [0.5, 0.6) is 0 Å². The summed E-state index contributed by atoms with van der Waals surface area (Å²) in [6, 6.07) is 17.3. The Kier molecular flexibility index (Phi) is 6.41. The summed E-state index contributed by atoms with van der Waals surface area (Å²) in [5, 5.41) is 2.98. The fourth-order valence-corrected chi connectivity index (χ4v) is 2.48. The second kappa shape index (κ2) is 9.36. The average Bonchev–Trinajstić information content (AvgIpc) is 3.20. The molecule has 0 bridgehead atoms. The molecule has 0 atom stereocenters. The Morgan fingerprint density at radius 2 is 1.68 bits per heavy atom. The summed E-state index contributed by atoms with van der Waals surface area (Å²) in [6.07, 6.45) is 2.14. The van der Waals surface area contributed by atoms with Crippen molar-refractivity contribution in [2.24, 2.45) is 0 Å². The molecular formula is C21H22N4O3. The van der Waals surface area contributed by atoms with Gasteiger partial charge in [-0.05, 0) is 19.1 Å². The molecule has 0 spiro atoms. The maximum Gasteiger partial charge on any atom is 0.257 e. The summed E-state index contributed by atoms with van der Waals surface area (Å²) in [7, 11) is 0. The predicted molar refractivity (Wildman–Crippen MR) is 106 cm³/mol. The van der Waals surface area contributed by atoms with E-state index in [0.717, 1.165) is 16.8 Å². The number of carbonyl (C=O) groups is 2. The molecule has 3 aromatic rings. The normalized spacial score (nSPS) is 10.3. The number of anilines is 1. The van der Waals surface area contributed by atoms with E-state index < -0.39 is 0 Å². The van der Waals surface area contributed by atoms with Crippen LogP contribution in [0.25, 0.3) is 11.3 Å². The van der Waals surface area contributed by atoms with Crippen molar-refractivity contribution >= 4 is 17.5 Å². The second-order valence-electron chi connectivity index (χ2n) is 6.30. The molecule has 2 amide bonds. The Bertz CT molecular complexity index is 920. The van der Waals surface area contributed by atoms with Crippen molar-refractivity contribution in [2.75, 3.05) is 11.9 Å². The number of aryl methyl sites for hydroxylation is 2. The fraction of sp³-hybridized carbons (Fsp3) is 0.190. The van der Waals surface area contributed by atoms with Crippen molar-refractivity contribution in [3.63, 3.8) is 0 Å². The monoisotopic (exact) mass is 378 g/mol. The topological polar surface area (TPSA) is 96.3 Å². The van der Waals surface area contributed by atoms with Crippen molar-refractivity contribution in [3.8, 4) is 11.3 Å². The molecule has 3 N–H and O–H groups in total. The Labute approximate surface area is 163 Å². The van der Waals surface area contributed by atoms with E-state index in [1.807, 2.05) is 61.5 Å². The third-order valence-corrected chi connectivity index (χ3v) is 4.02. The molecule has 0 radical (unpaired) electrons. The van der Waals surface area contributed by atoms with Gasteiger partial charge < -0.3 is 9.73 Å². The highest BCUT2D eigenvalue weighted by Crippen LogP contribution is 2.20. The van der Waals surface area contributed by atoms with Gasteiger partial charge in [0.1, 0.15) is 0 Å². The Balaban J connectivity index is 1.37. The van der Waals surface area contributed by atoms with Crippen LogP contribution < -0.4 is 16.2 Å². The van der Waals surface area contributed by atoms with Gasteiger partial charge in [-0.15, -0.1) is 0 Å². The smallest absolute Gasteiger partial charge is 0.257 e. The molecule has 28 heavy (non-hydrogen) atoms. The number of nitrogens with zero attached hydrogens (tertiary/aromatic N) is 1. The van der Waals surface area contributed by atoms with Gasteiger partial charge in [0, 0.05) is 24.1 Å². The van der Waals surface area contributed by atoms with Crippen molar-refractivity contribution < 1.29 is 14.0 Å². The van der Waals surface area contributed by atoms with Gasteiger partial charge in [0.25, 0.3) is 5.91 Å². The number of hydrogen-bond donors (Lipinski definition) is 3. The average molecular weight is 378 g/mol. The van der Waals surface area contributed by atoms with Gasteiger partial charge in [-0.3, -0.25) is 20.4 Å². The zero-order valence-electron chi connectivity index (χ0n) is 15.6. The van der Waals surface area contributed by atoms with Crippen LogP contribution in [0.2, 0.25) is 0 Å². The minimum absolute atomic E-state index is 0.0590. The number of amides is 2. The van der Waals surface area contributed by atoms with Crippen LogP contribution in [-0.4, -0.2) is 23.3 Å². The van der Waals surface area contributed by atoms with Gasteiger partial charge in [0.05, 0.1) is 12.7 Å². The van der Waals surface area contributed by atoms with Crippen LogP contribution >= 0.6 is 0 Å². The quantitative estimate of drug-likeness (QED) is 0.550. The van der Waals surface area contributed by atoms with Gasteiger partial charge in [-0.1, -0.05) is 48.0 Å². The highest BCUT2D eigenvalue weighted by Gasteiger charge is 2.09. The lowest BCUT2D eigenvalue weighted by atomic mass is 10.2. The van der Waals surface area contributed by atoms with Crippen molar-refractivity contribution in [2.45, 2.75) is 19.8 Å². The van der Waals surface area contributed by atoms with Gasteiger partial charge in [-0.25, -0.2) is 4.98 Å². The van der Waals surface area contributed by atoms with Gasteiger partial charge in [-0.2, -0.15) is 0 Å². The number of hydrogen-bond acceptors (Lipinski definition) is 5. The van der Waals surface area contributed by atoms with E-state index >= 15 is 0 Å². The third kappa shape index (κ3) is 5.70. The summed E-state index contributed by atoms with van der Waals surface area (Å²) in [5.41, 5.74) is 7.68. The number of hydrazine groups is 1. The Hall–Kier alpha value is -3.61. The molecule has 0 aliphatic carbocycles. The number of benzene rings is 2. The lowest BCUT2D eigenvalue weighted by molar-refractivity contribution is -0.128. The zero-order valence-corrected chi connectivity index (χ0v) is 15.6. The van der Waals surface area contributed by atoms with E-state index in [1.165, 1.54) is 0 Å². The second-order valence-corrected chi connectivity index (χ2v) is 6.30. The molecule has 7 heteroatoms. The molecule has 1 aromatic heterocycles. The van der Waals surface area contributed by atoms with Crippen LogP contribution in [-0.2, 0) is 16.0 Å². The standard InChI is InChI=1S/C21H22N4O3/c1-15-7-9-17(10-8-15)22-14-20(27)25-24-19(26)11-12-21-23-13-18(28-21)16-5-3-2-4-6-16/h2-10,13,22H,11-12,14H2,1H3,(H,24,26)(H,25,27). The molecule has 1 heterocycles. The van der Waals surface area contributed by atoms with Crippen molar-refractivity contribution in [3.05, 3.63) is 72.2 Å². The van der Waals surface area contributed by atoms with Crippen LogP contribution in [0, 0.1) is 6.92 Å².